The van der Waals surface area contributed by atoms with Crippen molar-refractivity contribution in [3.63, 3.8) is 0 Å². The summed E-state index contributed by atoms with van der Waals surface area (Å²) in [6.45, 7) is 4.88. The van der Waals surface area contributed by atoms with E-state index in [1.807, 2.05) is 0 Å². The monoisotopic (exact) mass is 473 g/mol. The fourth-order valence-electron chi connectivity index (χ4n) is 2.12. The Labute approximate surface area is 170 Å². The molecule has 0 bridgehead atoms. The number of sulfonamides is 1. The van der Waals surface area contributed by atoms with Gasteiger partial charge in [-0.2, -0.15) is 0 Å². The van der Waals surface area contributed by atoms with Crippen LogP contribution in [0.1, 0.15) is 29.1 Å². The Morgan fingerprint density at radius 2 is 1.93 bits per heavy atom. The van der Waals surface area contributed by atoms with Gasteiger partial charge in [0.25, 0.3) is 5.91 Å². The third kappa shape index (κ3) is 6.05. The van der Waals surface area contributed by atoms with Crippen molar-refractivity contribution >= 4 is 60.5 Å². The molecule has 1 aromatic carbocycles. The molecule has 1 atom stereocenters. The molecular formula is C17H20BrN3O4S2. The standard InChI is InChI=1S/C17H20BrN3O4S2/c1-4-27(24,25)21-13-6-5-12(9-10(13)2)20-16(22)11(3)19-17(23)14-7-8-15(18)26-14/h5-9,11,21H,4H2,1-3H3,(H,19,23)(H,20,22). The van der Waals surface area contributed by atoms with Gasteiger partial charge in [0.2, 0.25) is 15.9 Å². The smallest absolute Gasteiger partial charge is 0.262 e. The maximum Gasteiger partial charge on any atom is 0.262 e. The summed E-state index contributed by atoms with van der Waals surface area (Å²) in [5.41, 5.74) is 1.64. The number of halogens is 1. The summed E-state index contributed by atoms with van der Waals surface area (Å²) in [4.78, 5) is 24.9. The van der Waals surface area contributed by atoms with E-state index in [1.165, 1.54) is 11.3 Å². The van der Waals surface area contributed by atoms with Gasteiger partial charge in [-0.25, -0.2) is 8.42 Å². The van der Waals surface area contributed by atoms with Crippen molar-refractivity contribution in [2.75, 3.05) is 15.8 Å². The van der Waals surface area contributed by atoms with E-state index in [0.717, 1.165) is 3.79 Å². The fraction of sp³-hybridized carbons (Fsp3) is 0.294. The number of hydrogen-bond acceptors (Lipinski definition) is 5. The van der Waals surface area contributed by atoms with Crippen LogP contribution in [-0.4, -0.2) is 32.0 Å². The lowest BCUT2D eigenvalue weighted by Gasteiger charge is -2.15. The Morgan fingerprint density at radius 1 is 1.22 bits per heavy atom. The van der Waals surface area contributed by atoms with E-state index in [2.05, 4.69) is 31.3 Å². The molecule has 0 saturated carbocycles. The summed E-state index contributed by atoms with van der Waals surface area (Å²) in [5.74, 6) is -0.725. The Kier molecular flexibility index (Phi) is 7.01. The lowest BCUT2D eigenvalue weighted by molar-refractivity contribution is -0.117. The van der Waals surface area contributed by atoms with Crippen molar-refractivity contribution in [1.82, 2.24) is 5.32 Å². The Bertz CT molecular complexity index is 957. The third-order valence-corrected chi connectivity index (χ3v) is 6.59. The second-order valence-electron chi connectivity index (χ2n) is 5.82. The largest absolute Gasteiger partial charge is 0.340 e. The van der Waals surface area contributed by atoms with Crippen molar-refractivity contribution in [3.05, 3.63) is 44.6 Å². The van der Waals surface area contributed by atoms with Crippen LogP contribution in [0.4, 0.5) is 11.4 Å². The lowest BCUT2D eigenvalue weighted by atomic mass is 10.2. The number of nitrogens with one attached hydrogen (secondary N) is 3. The highest BCUT2D eigenvalue weighted by molar-refractivity contribution is 9.11. The number of aryl methyl sites for hydroxylation is 1. The molecule has 146 valence electrons. The summed E-state index contributed by atoms with van der Waals surface area (Å²) in [5, 5.41) is 5.35. The summed E-state index contributed by atoms with van der Waals surface area (Å²) in [7, 11) is -3.37. The molecule has 0 aliphatic heterocycles. The van der Waals surface area contributed by atoms with Crippen molar-refractivity contribution in [2.24, 2.45) is 0 Å². The normalized spacial score (nSPS) is 12.3. The number of thiophene rings is 1. The molecule has 27 heavy (non-hydrogen) atoms. The minimum absolute atomic E-state index is 0.0248. The maximum absolute atomic E-state index is 12.3. The first-order chi connectivity index (χ1) is 12.6. The van der Waals surface area contributed by atoms with Gasteiger partial charge < -0.3 is 10.6 Å². The number of carbonyl (C=O) groups excluding carboxylic acids is 2. The van der Waals surface area contributed by atoms with Gasteiger partial charge in [-0.3, -0.25) is 14.3 Å². The van der Waals surface area contributed by atoms with Crippen LogP contribution in [0.15, 0.2) is 34.1 Å². The molecule has 1 heterocycles. The van der Waals surface area contributed by atoms with Gasteiger partial charge in [0, 0.05) is 5.69 Å². The van der Waals surface area contributed by atoms with E-state index >= 15 is 0 Å². The highest BCUT2D eigenvalue weighted by Gasteiger charge is 2.18. The van der Waals surface area contributed by atoms with Gasteiger partial charge >= 0.3 is 0 Å². The van der Waals surface area contributed by atoms with Gasteiger partial charge in [0.15, 0.2) is 0 Å². The third-order valence-electron chi connectivity index (χ3n) is 3.68. The van der Waals surface area contributed by atoms with Crippen LogP contribution in [0.3, 0.4) is 0 Å². The summed E-state index contributed by atoms with van der Waals surface area (Å²) < 4.78 is 26.7. The SMILES string of the molecule is CCS(=O)(=O)Nc1ccc(NC(=O)C(C)NC(=O)c2ccc(Br)s2)cc1C. The molecule has 2 aromatic rings. The number of benzene rings is 1. The molecule has 2 rings (SSSR count). The predicted molar refractivity (Wildman–Crippen MR) is 112 cm³/mol. The minimum atomic E-state index is -3.37. The van der Waals surface area contributed by atoms with E-state index in [9.17, 15) is 18.0 Å². The molecule has 1 aromatic heterocycles. The fourth-order valence-corrected chi connectivity index (χ4v) is 4.11. The molecule has 0 fully saturated rings. The number of hydrogen-bond donors (Lipinski definition) is 3. The summed E-state index contributed by atoms with van der Waals surface area (Å²) in [6.07, 6.45) is 0. The highest BCUT2D eigenvalue weighted by atomic mass is 79.9. The average Bonchev–Trinajstić information content (AvgIpc) is 3.03. The Morgan fingerprint density at radius 3 is 2.48 bits per heavy atom. The van der Waals surface area contributed by atoms with Crippen molar-refractivity contribution in [1.29, 1.82) is 0 Å². The van der Waals surface area contributed by atoms with Crippen LogP contribution >= 0.6 is 27.3 Å². The van der Waals surface area contributed by atoms with E-state index in [0.29, 0.717) is 21.8 Å². The molecule has 7 nitrogen and oxygen atoms in total. The minimum Gasteiger partial charge on any atom is -0.340 e. The zero-order valence-electron chi connectivity index (χ0n) is 15.0. The van der Waals surface area contributed by atoms with E-state index in [1.54, 1.807) is 51.1 Å². The molecule has 3 N–H and O–H groups in total. The van der Waals surface area contributed by atoms with E-state index in [4.69, 9.17) is 0 Å². The summed E-state index contributed by atoms with van der Waals surface area (Å²) in [6, 6.07) is 7.55. The second-order valence-corrected chi connectivity index (χ2v) is 10.3. The van der Waals surface area contributed by atoms with Crippen molar-refractivity contribution in [3.8, 4) is 0 Å². The van der Waals surface area contributed by atoms with Crippen LogP contribution in [0, 0.1) is 6.92 Å². The lowest BCUT2D eigenvalue weighted by Crippen LogP contribution is -2.41. The first kappa shape index (κ1) is 21.4. The van der Waals surface area contributed by atoms with Gasteiger partial charge in [-0.1, -0.05) is 0 Å². The quantitative estimate of drug-likeness (QED) is 0.573. The molecule has 0 saturated heterocycles. The summed E-state index contributed by atoms with van der Waals surface area (Å²) >= 11 is 4.57. The second kappa shape index (κ2) is 8.85. The molecule has 1 unspecified atom stereocenters. The molecule has 0 spiro atoms. The first-order valence-electron chi connectivity index (χ1n) is 8.09. The maximum atomic E-state index is 12.3. The van der Waals surface area contributed by atoms with Gasteiger partial charge in [-0.05, 0) is 72.6 Å². The molecule has 0 aliphatic rings. The number of amides is 2. The number of rotatable bonds is 7. The first-order valence-corrected chi connectivity index (χ1v) is 11.4. The Hall–Kier alpha value is -1.91. The topological polar surface area (TPSA) is 104 Å². The van der Waals surface area contributed by atoms with Crippen LogP contribution in [-0.2, 0) is 14.8 Å². The molecule has 0 aliphatic carbocycles. The number of carbonyl (C=O) groups is 2. The van der Waals surface area contributed by atoms with Gasteiger partial charge in [0.05, 0.1) is 20.1 Å². The highest BCUT2D eigenvalue weighted by Crippen LogP contribution is 2.22. The van der Waals surface area contributed by atoms with Gasteiger partial charge in [-0.15, -0.1) is 11.3 Å². The van der Waals surface area contributed by atoms with Crippen molar-refractivity contribution in [2.45, 2.75) is 26.8 Å². The average molecular weight is 474 g/mol. The van der Waals surface area contributed by atoms with E-state index in [-0.39, 0.29) is 17.6 Å². The zero-order chi connectivity index (χ0) is 20.2. The molecule has 0 radical (unpaired) electrons. The van der Waals surface area contributed by atoms with Crippen LogP contribution in [0.5, 0.6) is 0 Å². The molecule has 2 amide bonds. The molecular weight excluding hydrogens is 454 g/mol. The van der Waals surface area contributed by atoms with Crippen LogP contribution in [0.25, 0.3) is 0 Å². The van der Waals surface area contributed by atoms with E-state index < -0.39 is 16.1 Å². The van der Waals surface area contributed by atoms with Gasteiger partial charge in [0.1, 0.15) is 6.04 Å². The predicted octanol–water partition coefficient (Wildman–Crippen LogP) is 3.34. The molecule has 10 heteroatoms. The van der Waals surface area contributed by atoms with Crippen LogP contribution in [0.2, 0.25) is 0 Å². The Balaban J connectivity index is 2.00. The number of anilines is 2. The van der Waals surface area contributed by atoms with Crippen molar-refractivity contribution < 1.29 is 18.0 Å². The zero-order valence-corrected chi connectivity index (χ0v) is 18.2. The van der Waals surface area contributed by atoms with Crippen LogP contribution < -0.4 is 15.4 Å².